The second-order valence-electron chi connectivity index (χ2n) is 13.4. The molecule has 1 aromatic heterocycles. The molecular weight excluding hydrogens is 739 g/mol. The molecule has 1 saturated heterocycles. The second-order valence-corrected chi connectivity index (χ2v) is 16.3. The van der Waals surface area contributed by atoms with E-state index in [0.717, 1.165) is 19.3 Å². The molecule has 4 aromatic carbocycles. The van der Waals surface area contributed by atoms with Gasteiger partial charge in [-0.05, 0) is 85.0 Å². The van der Waals surface area contributed by atoms with Crippen LogP contribution in [0.25, 0.3) is 16.7 Å². The zero-order valence-corrected chi connectivity index (χ0v) is 32.6. The molecule has 12 nitrogen and oxygen atoms in total. The van der Waals surface area contributed by atoms with Crippen LogP contribution in [0.2, 0.25) is 0 Å². The van der Waals surface area contributed by atoms with Gasteiger partial charge in [0, 0.05) is 31.7 Å². The number of hydrogen-bond acceptors (Lipinski definition) is 9. The molecule has 1 fully saturated rings. The summed E-state index contributed by atoms with van der Waals surface area (Å²) in [6, 6.07) is 26.8. The summed E-state index contributed by atoms with van der Waals surface area (Å²) >= 11 is 1.19. The molecule has 0 radical (unpaired) electrons. The molecule has 0 saturated carbocycles. The molecule has 2 atom stereocenters. The standard InChI is InChI=1S/C41H43N5O7S2/c1-4-44(5-2)55(50,51)30-21-22-34-32(25-30)43-41(46(34)35-14-8-9-16-36(35)52-3)54-26-38(47)42-29-19-17-28(18-20-29)40(49)53-37-23-24-45(39(37)48)33-15-10-12-27-11-6-7-13-31(27)33/h6-9,11,13-14,16-22,25,33,37H,4-5,10,12,15,23-24,26H2,1-3H3,(H,42,47). The molecule has 0 bridgehead atoms. The number of likely N-dealkylation sites (tertiary alicyclic amines) is 1. The number of ether oxygens (including phenoxy) is 2. The average Bonchev–Trinajstić information content (AvgIpc) is 3.76. The summed E-state index contributed by atoms with van der Waals surface area (Å²) in [6.45, 7) is 4.80. The van der Waals surface area contributed by atoms with Gasteiger partial charge in [0.1, 0.15) is 5.75 Å². The maximum atomic E-state index is 13.4. The summed E-state index contributed by atoms with van der Waals surface area (Å²) < 4.78 is 41.2. The number of esters is 1. The molecule has 2 aliphatic rings. The largest absolute Gasteiger partial charge is 0.495 e. The number of sulfonamides is 1. The second kappa shape index (κ2) is 16.3. The van der Waals surface area contributed by atoms with E-state index in [9.17, 15) is 22.8 Å². The van der Waals surface area contributed by atoms with Crippen molar-refractivity contribution in [2.75, 3.05) is 37.8 Å². The number of aryl methyl sites for hydroxylation is 1. The molecule has 1 aliphatic carbocycles. The Labute approximate surface area is 324 Å². The molecule has 0 spiro atoms. The minimum Gasteiger partial charge on any atom is -0.495 e. The van der Waals surface area contributed by atoms with Gasteiger partial charge < -0.3 is 19.7 Å². The van der Waals surface area contributed by atoms with Crippen molar-refractivity contribution in [1.82, 2.24) is 18.8 Å². The predicted octanol–water partition coefficient (Wildman–Crippen LogP) is 6.63. The first-order valence-electron chi connectivity index (χ1n) is 18.4. The number of imidazole rings is 1. The van der Waals surface area contributed by atoms with Crippen molar-refractivity contribution in [2.24, 2.45) is 0 Å². The lowest BCUT2D eigenvalue weighted by atomic mass is 9.87. The fourth-order valence-corrected chi connectivity index (χ4v) is 9.71. The van der Waals surface area contributed by atoms with Crippen molar-refractivity contribution in [2.45, 2.75) is 61.7 Å². The van der Waals surface area contributed by atoms with Crippen LogP contribution in [0.15, 0.2) is 101 Å². The molecule has 14 heteroatoms. The van der Waals surface area contributed by atoms with Crippen molar-refractivity contribution in [1.29, 1.82) is 0 Å². The van der Waals surface area contributed by atoms with Gasteiger partial charge >= 0.3 is 5.97 Å². The zero-order valence-electron chi connectivity index (χ0n) is 30.9. The number of benzene rings is 4. The van der Waals surface area contributed by atoms with E-state index >= 15 is 0 Å². The third-order valence-electron chi connectivity index (χ3n) is 10.2. The van der Waals surface area contributed by atoms with Gasteiger partial charge in [0.05, 0.1) is 46.1 Å². The molecule has 1 N–H and O–H groups in total. The predicted molar refractivity (Wildman–Crippen MR) is 211 cm³/mol. The number of thioether (sulfide) groups is 1. The zero-order chi connectivity index (χ0) is 38.7. The minimum absolute atomic E-state index is 0.00298. The van der Waals surface area contributed by atoms with E-state index in [-0.39, 0.29) is 34.1 Å². The normalized spacial score (nSPS) is 17.0. The smallest absolute Gasteiger partial charge is 0.338 e. The summed E-state index contributed by atoms with van der Waals surface area (Å²) in [6.07, 6.45) is 2.51. The number of nitrogens with one attached hydrogen (secondary N) is 1. The van der Waals surface area contributed by atoms with E-state index in [4.69, 9.17) is 14.5 Å². The van der Waals surface area contributed by atoms with Crippen molar-refractivity contribution >= 4 is 56.3 Å². The molecule has 286 valence electrons. The number of hydrogen-bond donors (Lipinski definition) is 1. The van der Waals surface area contributed by atoms with Crippen LogP contribution in [-0.2, 0) is 30.8 Å². The summed E-state index contributed by atoms with van der Waals surface area (Å²) in [5.41, 5.74) is 4.99. The van der Waals surface area contributed by atoms with Gasteiger partial charge in [0.25, 0.3) is 5.91 Å². The lowest BCUT2D eigenvalue weighted by molar-refractivity contribution is -0.137. The Bertz CT molecular complexity index is 2340. The van der Waals surface area contributed by atoms with E-state index in [1.165, 1.54) is 27.2 Å². The third-order valence-corrected chi connectivity index (χ3v) is 13.1. The molecule has 5 aromatic rings. The number of aromatic nitrogens is 2. The van der Waals surface area contributed by atoms with Gasteiger partial charge in [-0.1, -0.05) is 62.0 Å². The van der Waals surface area contributed by atoms with Crippen LogP contribution in [0.1, 0.15) is 60.6 Å². The van der Waals surface area contributed by atoms with Gasteiger partial charge in [-0.3, -0.25) is 14.2 Å². The summed E-state index contributed by atoms with van der Waals surface area (Å²) in [4.78, 5) is 46.4. The molecule has 2 heterocycles. The molecular formula is C41H43N5O7S2. The van der Waals surface area contributed by atoms with Crippen molar-refractivity contribution in [3.8, 4) is 11.4 Å². The number of fused-ring (bicyclic) bond motifs is 2. The fraction of sp³-hybridized carbons (Fsp3) is 0.317. The van der Waals surface area contributed by atoms with Crippen LogP contribution in [0.4, 0.5) is 5.69 Å². The Hall–Kier alpha value is -5.18. The minimum atomic E-state index is -3.72. The van der Waals surface area contributed by atoms with Gasteiger partial charge in [0.15, 0.2) is 11.3 Å². The van der Waals surface area contributed by atoms with Crippen LogP contribution >= 0.6 is 11.8 Å². The van der Waals surface area contributed by atoms with Gasteiger partial charge in [0.2, 0.25) is 15.9 Å². The Balaban J connectivity index is 1.01. The Kier molecular flexibility index (Phi) is 11.3. The summed E-state index contributed by atoms with van der Waals surface area (Å²) in [5, 5.41) is 3.33. The highest BCUT2D eigenvalue weighted by Gasteiger charge is 2.40. The highest BCUT2D eigenvalue weighted by atomic mass is 32.2. The van der Waals surface area contributed by atoms with Crippen LogP contribution in [0.3, 0.4) is 0 Å². The van der Waals surface area contributed by atoms with Crippen LogP contribution in [0, 0.1) is 0 Å². The Morgan fingerprint density at radius 2 is 1.71 bits per heavy atom. The van der Waals surface area contributed by atoms with E-state index in [1.807, 2.05) is 45.9 Å². The van der Waals surface area contributed by atoms with Crippen LogP contribution < -0.4 is 10.1 Å². The number of rotatable bonds is 13. The number of carbonyl (C=O) groups excluding carboxylic acids is 3. The average molecular weight is 782 g/mol. The molecule has 2 unspecified atom stereocenters. The van der Waals surface area contributed by atoms with Crippen molar-refractivity contribution in [3.05, 3.63) is 108 Å². The van der Waals surface area contributed by atoms with Crippen molar-refractivity contribution < 1.29 is 32.3 Å². The van der Waals surface area contributed by atoms with Crippen LogP contribution in [0.5, 0.6) is 5.75 Å². The Morgan fingerprint density at radius 3 is 2.47 bits per heavy atom. The first-order chi connectivity index (χ1) is 26.6. The molecule has 1 aliphatic heterocycles. The van der Waals surface area contributed by atoms with Crippen molar-refractivity contribution in [3.63, 3.8) is 0 Å². The molecule has 55 heavy (non-hydrogen) atoms. The van der Waals surface area contributed by atoms with E-state index in [0.29, 0.717) is 59.4 Å². The number of anilines is 1. The summed E-state index contributed by atoms with van der Waals surface area (Å²) in [7, 11) is -2.16. The summed E-state index contributed by atoms with van der Waals surface area (Å²) in [5.74, 6) is -0.513. The number of methoxy groups -OCH3 is 1. The monoisotopic (exact) mass is 781 g/mol. The maximum Gasteiger partial charge on any atom is 0.338 e. The highest BCUT2D eigenvalue weighted by molar-refractivity contribution is 7.99. The van der Waals surface area contributed by atoms with E-state index in [2.05, 4.69) is 17.4 Å². The lowest BCUT2D eigenvalue weighted by Gasteiger charge is -2.33. The van der Waals surface area contributed by atoms with E-state index in [1.54, 1.807) is 63.4 Å². The number of para-hydroxylation sites is 2. The van der Waals surface area contributed by atoms with Crippen LogP contribution in [-0.4, -0.2) is 83.6 Å². The highest BCUT2D eigenvalue weighted by Crippen LogP contribution is 2.37. The number of nitrogens with zero attached hydrogens (tertiary/aromatic N) is 4. The van der Waals surface area contributed by atoms with Gasteiger partial charge in [-0.15, -0.1) is 0 Å². The quantitative estimate of drug-likeness (QED) is 0.103. The maximum absolute atomic E-state index is 13.4. The van der Waals surface area contributed by atoms with Gasteiger partial charge in [-0.25, -0.2) is 18.2 Å². The molecule has 7 rings (SSSR count). The Morgan fingerprint density at radius 1 is 0.964 bits per heavy atom. The SMILES string of the molecule is CCN(CC)S(=O)(=O)c1ccc2c(c1)nc(SCC(=O)Nc1ccc(C(=O)OC3CCN(C4CCCc5ccccc54)C3=O)cc1)n2-c1ccccc1OC. The third kappa shape index (κ3) is 7.71. The fourth-order valence-electron chi connectivity index (χ4n) is 7.41. The first kappa shape index (κ1) is 38.1. The number of amides is 2. The van der Waals surface area contributed by atoms with E-state index < -0.39 is 22.1 Å². The first-order valence-corrected chi connectivity index (χ1v) is 20.8. The number of carbonyl (C=O) groups is 3. The lowest BCUT2D eigenvalue weighted by Crippen LogP contribution is -2.36. The molecule has 2 amide bonds. The topological polar surface area (TPSA) is 140 Å². The van der Waals surface area contributed by atoms with Gasteiger partial charge in [-0.2, -0.15) is 4.31 Å².